The van der Waals surface area contributed by atoms with E-state index in [2.05, 4.69) is 20.9 Å². The monoisotopic (exact) mass is 531 g/mol. The molecule has 0 spiro atoms. The Morgan fingerprint density at radius 3 is 2.08 bits per heavy atom. The number of fused-ring (bicyclic) bond motifs is 1. The van der Waals surface area contributed by atoms with Crippen LogP contribution in [0.1, 0.15) is 53.0 Å². The molecule has 2 rings (SSSR count). The molecule has 1 heterocycles. The average Bonchev–Trinajstić information content (AvgIpc) is 3.30. The predicted molar refractivity (Wildman–Crippen MR) is 144 cm³/mol. The topological polar surface area (TPSA) is 187 Å². The lowest BCUT2D eigenvalue weighted by atomic mass is 9.96. The number of aliphatic hydroxyl groups is 1. The molecule has 2 aromatic rings. The fourth-order valence-electron chi connectivity index (χ4n) is 4.10. The highest BCUT2D eigenvalue weighted by molar-refractivity contribution is 5.95. The number of carbonyl (C=O) groups is 4. The maximum Gasteiger partial charge on any atom is 0.328 e. The molecule has 0 bridgehead atoms. The first-order valence-corrected chi connectivity index (χ1v) is 13.0. The van der Waals surface area contributed by atoms with Crippen LogP contribution in [-0.2, 0) is 25.6 Å². The van der Waals surface area contributed by atoms with Crippen molar-refractivity contribution in [2.45, 2.75) is 84.2 Å². The first-order valence-electron chi connectivity index (χ1n) is 13.0. The van der Waals surface area contributed by atoms with E-state index in [9.17, 15) is 29.4 Å². The number of carbonyl (C=O) groups excluding carboxylic acids is 3. The van der Waals surface area contributed by atoms with Crippen molar-refractivity contribution < 1.29 is 29.4 Å². The molecule has 0 saturated heterocycles. The number of carboxylic acid groups (broad SMARTS) is 1. The molecule has 0 aliphatic heterocycles. The molecule has 0 saturated carbocycles. The van der Waals surface area contributed by atoms with Gasteiger partial charge in [-0.1, -0.05) is 58.7 Å². The molecule has 0 aliphatic rings. The number of amides is 3. The Bertz CT molecular complexity index is 1120. The third-order valence-electron chi connectivity index (χ3n) is 7.13. The van der Waals surface area contributed by atoms with E-state index < -0.39 is 54.0 Å². The van der Waals surface area contributed by atoms with Crippen molar-refractivity contribution >= 4 is 34.6 Å². The second kappa shape index (κ2) is 13.9. The van der Waals surface area contributed by atoms with Crippen LogP contribution in [0.2, 0.25) is 0 Å². The zero-order chi connectivity index (χ0) is 28.6. The fraction of sp³-hybridized carbons (Fsp3) is 0.556. The first-order chi connectivity index (χ1) is 17.9. The number of hydrogen-bond donors (Lipinski definition) is 7. The van der Waals surface area contributed by atoms with Gasteiger partial charge in [-0.25, -0.2) is 4.79 Å². The highest BCUT2D eigenvalue weighted by Gasteiger charge is 2.34. The van der Waals surface area contributed by atoms with Crippen molar-refractivity contribution in [3.63, 3.8) is 0 Å². The summed E-state index contributed by atoms with van der Waals surface area (Å²) in [5, 5.41) is 27.8. The van der Waals surface area contributed by atoms with Gasteiger partial charge in [0.1, 0.15) is 12.1 Å². The maximum absolute atomic E-state index is 13.6. The molecule has 1 aromatic heterocycles. The lowest BCUT2D eigenvalue weighted by molar-refractivity contribution is -0.145. The molecule has 1 aromatic carbocycles. The van der Waals surface area contributed by atoms with E-state index in [0.717, 1.165) is 16.5 Å². The summed E-state index contributed by atoms with van der Waals surface area (Å²) in [6, 6.07) is 3.04. The van der Waals surface area contributed by atoms with Crippen LogP contribution in [0, 0.1) is 11.8 Å². The van der Waals surface area contributed by atoms with Crippen molar-refractivity contribution in [3.8, 4) is 0 Å². The molecule has 38 heavy (non-hydrogen) atoms. The number of aliphatic carboxylic acids is 1. The summed E-state index contributed by atoms with van der Waals surface area (Å²) in [5.74, 6) is -3.71. The molecule has 11 nitrogen and oxygen atoms in total. The van der Waals surface area contributed by atoms with Gasteiger partial charge < -0.3 is 36.9 Å². The van der Waals surface area contributed by atoms with Crippen molar-refractivity contribution in [3.05, 3.63) is 36.0 Å². The average molecular weight is 532 g/mol. The Labute approximate surface area is 222 Å². The van der Waals surface area contributed by atoms with Crippen molar-refractivity contribution in [2.24, 2.45) is 17.6 Å². The van der Waals surface area contributed by atoms with Gasteiger partial charge in [0, 0.05) is 23.5 Å². The highest BCUT2D eigenvalue weighted by atomic mass is 16.4. The molecule has 7 atom stereocenters. The summed E-state index contributed by atoms with van der Waals surface area (Å²) in [7, 11) is 0. The number of rotatable bonds is 14. The van der Waals surface area contributed by atoms with E-state index in [-0.39, 0.29) is 18.3 Å². The Morgan fingerprint density at radius 2 is 1.50 bits per heavy atom. The normalized spacial score (nSPS) is 16.9. The number of nitrogens with two attached hydrogens (primary N) is 1. The van der Waals surface area contributed by atoms with Crippen molar-refractivity contribution in [1.29, 1.82) is 0 Å². The summed E-state index contributed by atoms with van der Waals surface area (Å²) in [6.45, 7) is 8.60. The van der Waals surface area contributed by atoms with E-state index in [1.165, 1.54) is 6.92 Å². The summed E-state index contributed by atoms with van der Waals surface area (Å²) >= 11 is 0. The van der Waals surface area contributed by atoms with E-state index in [4.69, 9.17) is 5.73 Å². The molecule has 3 amide bonds. The van der Waals surface area contributed by atoms with Crippen LogP contribution in [0.4, 0.5) is 0 Å². The van der Waals surface area contributed by atoms with Crippen molar-refractivity contribution in [2.75, 3.05) is 0 Å². The minimum Gasteiger partial charge on any atom is -0.480 e. The summed E-state index contributed by atoms with van der Waals surface area (Å²) in [4.78, 5) is 54.2. The Balaban J connectivity index is 2.34. The summed E-state index contributed by atoms with van der Waals surface area (Å²) < 4.78 is 0. The molecule has 210 valence electrons. The molecule has 0 aliphatic carbocycles. The molecule has 7 unspecified atom stereocenters. The first kappa shape index (κ1) is 30.8. The van der Waals surface area contributed by atoms with Gasteiger partial charge in [0.05, 0.1) is 12.1 Å². The van der Waals surface area contributed by atoms with Gasteiger partial charge in [0.2, 0.25) is 17.7 Å². The molecule has 8 N–H and O–H groups in total. The largest absolute Gasteiger partial charge is 0.480 e. The van der Waals surface area contributed by atoms with Gasteiger partial charge >= 0.3 is 5.97 Å². The van der Waals surface area contributed by atoms with Gasteiger partial charge in [0.25, 0.3) is 0 Å². The van der Waals surface area contributed by atoms with Crippen LogP contribution in [-0.4, -0.2) is 69.2 Å². The molecule has 0 radical (unpaired) electrons. The van der Waals surface area contributed by atoms with Gasteiger partial charge in [-0.05, 0) is 30.4 Å². The smallest absolute Gasteiger partial charge is 0.328 e. The predicted octanol–water partition coefficient (Wildman–Crippen LogP) is 1.05. The SMILES string of the molecule is CCC(C)C(N)C(=O)NC(Cc1c[nH]c2ccccc12)C(=O)NC(C(=O)NC(C(=O)O)C(C)O)C(C)CC. The van der Waals surface area contributed by atoms with Gasteiger partial charge in [-0.3, -0.25) is 14.4 Å². The zero-order valence-electron chi connectivity index (χ0n) is 22.7. The van der Waals surface area contributed by atoms with Crippen LogP contribution in [0.5, 0.6) is 0 Å². The fourth-order valence-corrected chi connectivity index (χ4v) is 4.10. The van der Waals surface area contributed by atoms with E-state index in [1.807, 2.05) is 45.0 Å². The Kier molecular flexibility index (Phi) is 11.3. The van der Waals surface area contributed by atoms with Crippen LogP contribution < -0.4 is 21.7 Å². The van der Waals surface area contributed by atoms with Gasteiger partial charge in [-0.15, -0.1) is 0 Å². The lowest BCUT2D eigenvalue weighted by Gasteiger charge is -2.29. The Morgan fingerprint density at radius 1 is 0.895 bits per heavy atom. The van der Waals surface area contributed by atoms with Crippen LogP contribution in [0.15, 0.2) is 30.5 Å². The van der Waals surface area contributed by atoms with Crippen LogP contribution >= 0.6 is 0 Å². The second-order valence-electron chi connectivity index (χ2n) is 9.97. The minimum atomic E-state index is -1.54. The second-order valence-corrected chi connectivity index (χ2v) is 9.97. The number of carboxylic acids is 1. The summed E-state index contributed by atoms with van der Waals surface area (Å²) in [5.41, 5.74) is 7.79. The van der Waals surface area contributed by atoms with Gasteiger partial charge in [-0.2, -0.15) is 0 Å². The van der Waals surface area contributed by atoms with E-state index >= 15 is 0 Å². The lowest BCUT2D eigenvalue weighted by Crippen LogP contribution is -2.60. The third kappa shape index (κ3) is 7.78. The maximum atomic E-state index is 13.6. The number of aliphatic hydroxyl groups excluding tert-OH is 1. The number of aromatic nitrogens is 1. The molecular formula is C27H41N5O6. The number of hydrogen-bond acceptors (Lipinski definition) is 6. The molecule has 0 fully saturated rings. The molecular weight excluding hydrogens is 490 g/mol. The zero-order valence-corrected chi connectivity index (χ0v) is 22.7. The minimum absolute atomic E-state index is 0.112. The van der Waals surface area contributed by atoms with Crippen LogP contribution in [0.25, 0.3) is 10.9 Å². The Hall–Kier alpha value is -3.44. The van der Waals surface area contributed by atoms with E-state index in [1.54, 1.807) is 13.1 Å². The standard InChI is InChI=1S/C27H41N5O6/c1-6-14(3)21(28)25(35)30-20(12-17-13-29-19-11-9-8-10-18(17)19)24(34)31-22(15(4)7-2)26(36)32-23(16(5)33)27(37)38/h8-11,13-16,20-23,29,33H,6-7,12,28H2,1-5H3,(H,30,35)(H,31,34)(H,32,36)(H,37,38). The highest BCUT2D eigenvalue weighted by Crippen LogP contribution is 2.20. The summed E-state index contributed by atoms with van der Waals surface area (Å²) in [6.07, 6.45) is 1.74. The molecule has 11 heteroatoms. The number of aromatic amines is 1. The third-order valence-corrected chi connectivity index (χ3v) is 7.13. The number of benzene rings is 1. The number of H-pyrrole nitrogens is 1. The van der Waals surface area contributed by atoms with Crippen molar-refractivity contribution in [1.82, 2.24) is 20.9 Å². The quantitative estimate of drug-likeness (QED) is 0.190. The van der Waals surface area contributed by atoms with Gasteiger partial charge in [0.15, 0.2) is 6.04 Å². The number of para-hydroxylation sites is 1. The van der Waals surface area contributed by atoms with Crippen LogP contribution in [0.3, 0.4) is 0 Å². The number of nitrogens with one attached hydrogen (secondary N) is 4. The van der Waals surface area contributed by atoms with E-state index in [0.29, 0.717) is 12.8 Å².